The Kier molecular flexibility index (Phi) is 4.79. The quantitative estimate of drug-likeness (QED) is 0.730. The molecule has 1 heterocycles. The van der Waals surface area contributed by atoms with E-state index in [1.807, 2.05) is 17.7 Å². The number of aliphatic hydroxyl groups is 1. The van der Waals surface area contributed by atoms with E-state index in [4.69, 9.17) is 0 Å². The third-order valence-corrected chi connectivity index (χ3v) is 5.19. The molecule has 3 rings (SSSR count). The van der Waals surface area contributed by atoms with Gasteiger partial charge in [-0.05, 0) is 23.6 Å². The van der Waals surface area contributed by atoms with Crippen molar-refractivity contribution in [2.75, 3.05) is 0 Å². The van der Waals surface area contributed by atoms with Crippen LogP contribution in [0.5, 0.6) is 0 Å². The lowest BCUT2D eigenvalue weighted by Gasteiger charge is -2.19. The topological polar surface area (TPSA) is 50.9 Å². The SMILES string of the molecule is Cc1ccccc1C(Sc1nnc(CO)n1C)c1ccccc1. The van der Waals surface area contributed by atoms with Crippen LogP contribution in [0.15, 0.2) is 59.8 Å². The molecule has 2 aromatic carbocycles. The van der Waals surface area contributed by atoms with Crippen LogP contribution in [0, 0.1) is 6.92 Å². The number of rotatable bonds is 5. The van der Waals surface area contributed by atoms with E-state index in [1.54, 1.807) is 11.8 Å². The standard InChI is InChI=1S/C18H19N3OS/c1-13-8-6-7-11-15(13)17(14-9-4-3-5-10-14)23-18-20-19-16(12-22)21(18)2/h3-11,17,22H,12H2,1-2H3. The summed E-state index contributed by atoms with van der Waals surface area (Å²) in [6, 6.07) is 18.8. The number of hydrogen-bond donors (Lipinski definition) is 1. The zero-order valence-electron chi connectivity index (χ0n) is 13.2. The van der Waals surface area contributed by atoms with Gasteiger partial charge in [-0.3, -0.25) is 0 Å². The van der Waals surface area contributed by atoms with Crippen LogP contribution >= 0.6 is 11.8 Å². The Morgan fingerprint density at radius 2 is 1.74 bits per heavy atom. The highest BCUT2D eigenvalue weighted by molar-refractivity contribution is 7.99. The second kappa shape index (κ2) is 6.98. The average Bonchev–Trinajstić information content (AvgIpc) is 2.94. The molecule has 0 spiro atoms. The molecule has 0 aliphatic heterocycles. The number of aryl methyl sites for hydroxylation is 1. The molecule has 1 unspecified atom stereocenters. The van der Waals surface area contributed by atoms with E-state index in [2.05, 4.69) is 65.7 Å². The largest absolute Gasteiger partial charge is 0.388 e. The Morgan fingerprint density at radius 3 is 2.39 bits per heavy atom. The van der Waals surface area contributed by atoms with E-state index in [-0.39, 0.29) is 11.9 Å². The summed E-state index contributed by atoms with van der Waals surface area (Å²) < 4.78 is 1.85. The fourth-order valence-electron chi connectivity index (χ4n) is 2.51. The highest BCUT2D eigenvalue weighted by atomic mass is 32.2. The Hall–Kier alpha value is -2.11. The number of nitrogens with zero attached hydrogens (tertiary/aromatic N) is 3. The van der Waals surface area contributed by atoms with Crippen LogP contribution in [0.4, 0.5) is 0 Å². The summed E-state index contributed by atoms with van der Waals surface area (Å²) in [5.74, 6) is 0.573. The van der Waals surface area contributed by atoms with Gasteiger partial charge in [-0.25, -0.2) is 0 Å². The van der Waals surface area contributed by atoms with Gasteiger partial charge < -0.3 is 9.67 Å². The minimum atomic E-state index is -0.107. The normalized spacial score (nSPS) is 12.3. The van der Waals surface area contributed by atoms with Crippen molar-refractivity contribution >= 4 is 11.8 Å². The van der Waals surface area contributed by atoms with Gasteiger partial charge >= 0.3 is 0 Å². The van der Waals surface area contributed by atoms with E-state index >= 15 is 0 Å². The van der Waals surface area contributed by atoms with Crippen LogP contribution in [0.25, 0.3) is 0 Å². The first-order valence-electron chi connectivity index (χ1n) is 7.47. The van der Waals surface area contributed by atoms with Gasteiger partial charge in [0, 0.05) is 7.05 Å². The van der Waals surface area contributed by atoms with E-state index in [1.165, 1.54) is 16.7 Å². The lowest BCUT2D eigenvalue weighted by atomic mass is 10.0. The van der Waals surface area contributed by atoms with Crippen molar-refractivity contribution in [3.05, 3.63) is 77.1 Å². The fourth-order valence-corrected chi connectivity index (χ4v) is 3.76. The molecule has 1 aromatic heterocycles. The molecule has 0 aliphatic rings. The first kappa shape index (κ1) is 15.8. The van der Waals surface area contributed by atoms with Crippen molar-refractivity contribution < 1.29 is 5.11 Å². The lowest BCUT2D eigenvalue weighted by Crippen LogP contribution is -2.03. The molecule has 0 aliphatic carbocycles. The molecular formula is C18H19N3OS. The summed E-state index contributed by atoms with van der Waals surface area (Å²) in [6.07, 6.45) is 0. The number of aliphatic hydroxyl groups excluding tert-OH is 1. The van der Waals surface area contributed by atoms with Crippen molar-refractivity contribution in [3.8, 4) is 0 Å². The van der Waals surface area contributed by atoms with Gasteiger partial charge in [-0.2, -0.15) is 0 Å². The van der Waals surface area contributed by atoms with Crippen molar-refractivity contribution in [3.63, 3.8) is 0 Å². The van der Waals surface area contributed by atoms with Crippen molar-refractivity contribution in [1.82, 2.24) is 14.8 Å². The maximum absolute atomic E-state index is 9.31. The van der Waals surface area contributed by atoms with Crippen LogP contribution in [-0.4, -0.2) is 19.9 Å². The van der Waals surface area contributed by atoms with Gasteiger partial charge in [0.1, 0.15) is 6.61 Å². The van der Waals surface area contributed by atoms with Crippen molar-refractivity contribution in [2.45, 2.75) is 23.9 Å². The second-order valence-electron chi connectivity index (χ2n) is 5.38. The van der Waals surface area contributed by atoms with Crippen LogP contribution in [0.2, 0.25) is 0 Å². The predicted octanol–water partition coefficient (Wildman–Crippen LogP) is 3.50. The molecule has 1 atom stereocenters. The number of thioether (sulfide) groups is 1. The third-order valence-electron chi connectivity index (χ3n) is 3.86. The molecule has 0 bridgehead atoms. The molecule has 0 fully saturated rings. The van der Waals surface area contributed by atoms with Crippen LogP contribution in [0.3, 0.4) is 0 Å². The summed E-state index contributed by atoms with van der Waals surface area (Å²) in [6.45, 7) is 2.02. The Labute approximate surface area is 140 Å². The van der Waals surface area contributed by atoms with E-state index in [0.29, 0.717) is 5.82 Å². The maximum atomic E-state index is 9.31. The zero-order valence-corrected chi connectivity index (χ0v) is 14.0. The first-order chi connectivity index (χ1) is 11.2. The van der Waals surface area contributed by atoms with E-state index < -0.39 is 0 Å². The summed E-state index contributed by atoms with van der Waals surface area (Å²) in [4.78, 5) is 0. The van der Waals surface area contributed by atoms with E-state index in [0.717, 1.165) is 5.16 Å². The van der Waals surface area contributed by atoms with Gasteiger partial charge in [0.25, 0.3) is 0 Å². The summed E-state index contributed by atoms with van der Waals surface area (Å²) in [7, 11) is 1.88. The molecule has 23 heavy (non-hydrogen) atoms. The number of benzene rings is 2. The number of aromatic nitrogens is 3. The van der Waals surface area contributed by atoms with Gasteiger partial charge in [0.15, 0.2) is 11.0 Å². The molecule has 5 heteroatoms. The molecule has 0 saturated heterocycles. The molecule has 4 nitrogen and oxygen atoms in total. The Morgan fingerprint density at radius 1 is 1.04 bits per heavy atom. The summed E-state index contributed by atoms with van der Waals surface area (Å²) in [5.41, 5.74) is 3.73. The molecule has 3 aromatic rings. The van der Waals surface area contributed by atoms with Gasteiger partial charge in [-0.1, -0.05) is 66.4 Å². The van der Waals surface area contributed by atoms with Gasteiger partial charge in [-0.15, -0.1) is 10.2 Å². The second-order valence-corrected chi connectivity index (χ2v) is 6.45. The van der Waals surface area contributed by atoms with Crippen molar-refractivity contribution in [2.24, 2.45) is 7.05 Å². The Bertz CT molecular complexity index is 786. The molecule has 118 valence electrons. The fraction of sp³-hybridized carbons (Fsp3) is 0.222. The van der Waals surface area contributed by atoms with Crippen molar-refractivity contribution in [1.29, 1.82) is 0 Å². The maximum Gasteiger partial charge on any atom is 0.191 e. The van der Waals surface area contributed by atoms with Gasteiger partial charge in [0.05, 0.1) is 5.25 Å². The van der Waals surface area contributed by atoms with Gasteiger partial charge in [0.2, 0.25) is 0 Å². The minimum Gasteiger partial charge on any atom is -0.388 e. The number of hydrogen-bond acceptors (Lipinski definition) is 4. The monoisotopic (exact) mass is 325 g/mol. The lowest BCUT2D eigenvalue weighted by molar-refractivity contribution is 0.266. The predicted molar refractivity (Wildman–Crippen MR) is 92.2 cm³/mol. The first-order valence-corrected chi connectivity index (χ1v) is 8.35. The Balaban J connectivity index is 2.02. The highest BCUT2D eigenvalue weighted by Gasteiger charge is 2.20. The highest BCUT2D eigenvalue weighted by Crippen LogP contribution is 2.40. The molecule has 0 amide bonds. The smallest absolute Gasteiger partial charge is 0.191 e. The molecule has 1 N–H and O–H groups in total. The van der Waals surface area contributed by atoms with E-state index in [9.17, 15) is 5.11 Å². The summed E-state index contributed by atoms with van der Waals surface area (Å²) >= 11 is 1.65. The molecule has 0 saturated carbocycles. The summed E-state index contributed by atoms with van der Waals surface area (Å²) in [5, 5.41) is 18.5. The van der Waals surface area contributed by atoms with Crippen LogP contribution < -0.4 is 0 Å². The average molecular weight is 325 g/mol. The molecular weight excluding hydrogens is 306 g/mol. The van der Waals surface area contributed by atoms with Crippen LogP contribution in [0.1, 0.15) is 27.8 Å². The van der Waals surface area contributed by atoms with Crippen LogP contribution in [-0.2, 0) is 13.7 Å². The third kappa shape index (κ3) is 3.30. The zero-order chi connectivity index (χ0) is 16.2. The minimum absolute atomic E-state index is 0.107. The molecule has 0 radical (unpaired) electrons.